The van der Waals surface area contributed by atoms with Gasteiger partial charge in [-0.15, -0.1) is 0 Å². The zero-order chi connectivity index (χ0) is 27.8. The third-order valence-corrected chi connectivity index (χ3v) is 7.24. The molecular weight excluding hydrogens is 558 g/mol. The maximum atomic E-state index is 13.4. The molecule has 0 aliphatic carbocycles. The Morgan fingerprint density at radius 2 is 1.65 bits per heavy atom. The molecule has 1 N–H and O–H groups in total. The largest absolute Gasteiger partial charge is 0.494 e. The standard InChI is InChI=1S/C27H38BrN3O5S/c1-7-36-24-16-14-23(15-17-24)31(37(6,34)35)18-8-9-25(32)30(19-21-10-12-22(28)13-11-21)20(2)26(33)29-27(3,4)5/h10-17,20H,7-9,18-19H2,1-6H3,(H,29,33)/t20-/m0/s1. The number of rotatable bonds is 12. The first-order valence-electron chi connectivity index (χ1n) is 12.3. The summed E-state index contributed by atoms with van der Waals surface area (Å²) >= 11 is 3.41. The average molecular weight is 597 g/mol. The van der Waals surface area contributed by atoms with Crippen LogP contribution in [0.15, 0.2) is 53.0 Å². The second kappa shape index (κ2) is 13.3. The number of nitrogens with zero attached hydrogens (tertiary/aromatic N) is 2. The fourth-order valence-corrected chi connectivity index (χ4v) is 4.95. The normalized spacial score (nSPS) is 12.5. The molecular formula is C27H38BrN3O5S. The topological polar surface area (TPSA) is 96.0 Å². The lowest BCUT2D eigenvalue weighted by atomic mass is 10.1. The van der Waals surface area contributed by atoms with Gasteiger partial charge in [0.2, 0.25) is 21.8 Å². The van der Waals surface area contributed by atoms with Crippen LogP contribution in [0.5, 0.6) is 5.75 Å². The number of carbonyl (C=O) groups is 2. The van der Waals surface area contributed by atoms with Crippen LogP contribution in [0.2, 0.25) is 0 Å². The predicted molar refractivity (Wildman–Crippen MR) is 151 cm³/mol. The average Bonchev–Trinajstić information content (AvgIpc) is 2.80. The van der Waals surface area contributed by atoms with Gasteiger partial charge in [-0.3, -0.25) is 13.9 Å². The van der Waals surface area contributed by atoms with Crippen LogP contribution in [-0.4, -0.2) is 56.1 Å². The van der Waals surface area contributed by atoms with E-state index >= 15 is 0 Å². The van der Waals surface area contributed by atoms with Gasteiger partial charge in [-0.25, -0.2) is 8.42 Å². The number of ether oxygens (including phenoxy) is 1. The van der Waals surface area contributed by atoms with Gasteiger partial charge in [-0.1, -0.05) is 28.1 Å². The molecule has 0 radical (unpaired) electrons. The van der Waals surface area contributed by atoms with Crippen molar-refractivity contribution < 1.29 is 22.7 Å². The Labute approximate surface area is 229 Å². The smallest absolute Gasteiger partial charge is 0.242 e. The molecule has 0 saturated heterocycles. The minimum Gasteiger partial charge on any atom is -0.494 e. The highest BCUT2D eigenvalue weighted by Gasteiger charge is 2.28. The molecule has 0 spiro atoms. The van der Waals surface area contributed by atoms with Crippen LogP contribution in [0, 0.1) is 0 Å². The van der Waals surface area contributed by atoms with Crippen molar-refractivity contribution in [1.29, 1.82) is 0 Å². The van der Waals surface area contributed by atoms with Gasteiger partial charge in [0.15, 0.2) is 0 Å². The lowest BCUT2D eigenvalue weighted by molar-refractivity contribution is -0.141. The van der Waals surface area contributed by atoms with Gasteiger partial charge in [0.25, 0.3) is 0 Å². The Kier molecular flexibility index (Phi) is 11.0. The first-order valence-corrected chi connectivity index (χ1v) is 14.9. The number of anilines is 1. The molecule has 0 unspecified atom stereocenters. The number of halogens is 1. The Bertz CT molecular complexity index is 1150. The number of hydrogen-bond acceptors (Lipinski definition) is 5. The zero-order valence-corrected chi connectivity index (χ0v) is 24.9. The molecule has 2 aromatic carbocycles. The lowest BCUT2D eigenvalue weighted by Gasteiger charge is -2.32. The van der Waals surface area contributed by atoms with Crippen molar-refractivity contribution in [1.82, 2.24) is 10.2 Å². The van der Waals surface area contributed by atoms with Crippen molar-refractivity contribution in [3.8, 4) is 5.75 Å². The summed E-state index contributed by atoms with van der Waals surface area (Å²) < 4.78 is 32.6. The quantitative estimate of drug-likeness (QED) is 0.383. The molecule has 37 heavy (non-hydrogen) atoms. The molecule has 0 aromatic heterocycles. The van der Waals surface area contributed by atoms with Crippen LogP contribution in [0.1, 0.15) is 53.0 Å². The molecule has 8 nitrogen and oxygen atoms in total. The molecule has 2 amide bonds. The fraction of sp³-hybridized carbons (Fsp3) is 0.481. The Morgan fingerprint density at radius 3 is 2.16 bits per heavy atom. The van der Waals surface area contributed by atoms with E-state index in [1.165, 1.54) is 4.31 Å². The van der Waals surface area contributed by atoms with Crippen LogP contribution in [-0.2, 0) is 26.2 Å². The molecule has 0 bridgehead atoms. The number of benzene rings is 2. The van der Waals surface area contributed by atoms with Gasteiger partial charge in [-0.05, 0) is 83.0 Å². The number of sulfonamides is 1. The monoisotopic (exact) mass is 595 g/mol. The SMILES string of the molecule is CCOc1ccc(N(CCCC(=O)N(Cc2ccc(Br)cc2)[C@@H](C)C(=O)NC(C)(C)C)S(C)(=O)=O)cc1. The molecule has 1 atom stereocenters. The fourth-order valence-electron chi connectivity index (χ4n) is 3.72. The molecule has 0 heterocycles. The summed E-state index contributed by atoms with van der Waals surface area (Å²) in [5.74, 6) is 0.186. The Balaban J connectivity index is 2.17. The zero-order valence-electron chi connectivity index (χ0n) is 22.5. The van der Waals surface area contributed by atoms with Crippen molar-refractivity contribution >= 4 is 43.5 Å². The summed E-state index contributed by atoms with van der Waals surface area (Å²) in [5, 5.41) is 2.94. The van der Waals surface area contributed by atoms with Crippen LogP contribution in [0.3, 0.4) is 0 Å². The van der Waals surface area contributed by atoms with E-state index in [-0.39, 0.29) is 31.3 Å². The van der Waals surface area contributed by atoms with E-state index in [0.717, 1.165) is 16.3 Å². The number of carbonyl (C=O) groups excluding carboxylic acids is 2. The summed E-state index contributed by atoms with van der Waals surface area (Å²) in [4.78, 5) is 27.8. The van der Waals surface area contributed by atoms with Gasteiger partial charge in [0, 0.05) is 29.5 Å². The van der Waals surface area contributed by atoms with E-state index in [1.807, 2.05) is 52.0 Å². The molecule has 0 aliphatic heterocycles. The van der Waals surface area contributed by atoms with Crippen LogP contribution < -0.4 is 14.4 Å². The summed E-state index contributed by atoms with van der Waals surface area (Å²) in [5.41, 5.74) is 0.952. The van der Waals surface area contributed by atoms with Gasteiger partial charge in [0.05, 0.1) is 18.6 Å². The number of amides is 2. The van der Waals surface area contributed by atoms with Crippen molar-refractivity contribution in [3.05, 3.63) is 58.6 Å². The van der Waals surface area contributed by atoms with E-state index in [2.05, 4.69) is 21.2 Å². The molecule has 0 saturated carbocycles. The minimum atomic E-state index is -3.56. The Morgan fingerprint density at radius 1 is 1.05 bits per heavy atom. The highest BCUT2D eigenvalue weighted by Crippen LogP contribution is 2.23. The van der Waals surface area contributed by atoms with E-state index in [1.54, 1.807) is 36.1 Å². The van der Waals surface area contributed by atoms with Crippen LogP contribution in [0.4, 0.5) is 5.69 Å². The second-order valence-corrected chi connectivity index (χ2v) is 12.8. The van der Waals surface area contributed by atoms with Crippen molar-refractivity contribution in [3.63, 3.8) is 0 Å². The predicted octanol–water partition coefficient (Wildman–Crippen LogP) is 4.73. The summed E-state index contributed by atoms with van der Waals surface area (Å²) in [7, 11) is -3.56. The number of hydrogen-bond donors (Lipinski definition) is 1. The maximum Gasteiger partial charge on any atom is 0.242 e. The van der Waals surface area contributed by atoms with Crippen LogP contribution in [0.25, 0.3) is 0 Å². The van der Waals surface area contributed by atoms with Gasteiger partial charge in [-0.2, -0.15) is 0 Å². The highest BCUT2D eigenvalue weighted by atomic mass is 79.9. The molecule has 2 aromatic rings. The third kappa shape index (κ3) is 10.0. The van der Waals surface area contributed by atoms with E-state index in [9.17, 15) is 18.0 Å². The Hall–Kier alpha value is -2.59. The third-order valence-electron chi connectivity index (χ3n) is 5.52. The molecule has 0 aliphatic rings. The molecule has 10 heteroatoms. The number of nitrogens with one attached hydrogen (secondary N) is 1. The minimum absolute atomic E-state index is 0.0900. The maximum absolute atomic E-state index is 13.4. The summed E-state index contributed by atoms with van der Waals surface area (Å²) in [6.45, 7) is 10.2. The van der Waals surface area contributed by atoms with Crippen molar-refractivity contribution in [2.24, 2.45) is 0 Å². The molecule has 0 fully saturated rings. The first kappa shape index (κ1) is 30.6. The van der Waals surface area contributed by atoms with Gasteiger partial charge >= 0.3 is 0 Å². The van der Waals surface area contributed by atoms with E-state index in [4.69, 9.17) is 4.74 Å². The summed E-state index contributed by atoms with van der Waals surface area (Å²) in [6, 6.07) is 13.7. The lowest BCUT2D eigenvalue weighted by Crippen LogP contribution is -2.52. The van der Waals surface area contributed by atoms with E-state index < -0.39 is 21.6 Å². The molecule has 204 valence electrons. The van der Waals surface area contributed by atoms with Crippen molar-refractivity contribution in [2.45, 2.75) is 65.6 Å². The van der Waals surface area contributed by atoms with Crippen molar-refractivity contribution in [2.75, 3.05) is 23.7 Å². The summed E-state index contributed by atoms with van der Waals surface area (Å²) in [6.07, 6.45) is 1.53. The second-order valence-electron chi connectivity index (χ2n) is 9.93. The highest BCUT2D eigenvalue weighted by molar-refractivity contribution is 9.10. The first-order chi connectivity index (χ1) is 17.2. The van der Waals surface area contributed by atoms with E-state index in [0.29, 0.717) is 24.5 Å². The van der Waals surface area contributed by atoms with Crippen LogP contribution >= 0.6 is 15.9 Å². The van der Waals surface area contributed by atoms with Gasteiger partial charge in [0.1, 0.15) is 11.8 Å². The van der Waals surface area contributed by atoms with Gasteiger partial charge < -0.3 is 15.0 Å². The molecule has 2 rings (SSSR count).